The number of nitrogens with zero attached hydrogens (tertiary/aromatic N) is 4. The van der Waals surface area contributed by atoms with E-state index in [0.29, 0.717) is 32.1 Å². The molecule has 0 aromatic carbocycles. The molecular formula is C24H34N6O2. The van der Waals surface area contributed by atoms with Crippen molar-refractivity contribution in [2.45, 2.75) is 58.0 Å². The van der Waals surface area contributed by atoms with Crippen molar-refractivity contribution in [1.82, 2.24) is 25.3 Å². The van der Waals surface area contributed by atoms with E-state index in [-0.39, 0.29) is 35.5 Å². The lowest BCUT2D eigenvalue weighted by molar-refractivity contribution is -0.140. The summed E-state index contributed by atoms with van der Waals surface area (Å²) in [5.74, 6) is 1.15. The van der Waals surface area contributed by atoms with Gasteiger partial charge in [0.2, 0.25) is 11.8 Å². The van der Waals surface area contributed by atoms with Gasteiger partial charge in [0, 0.05) is 25.8 Å². The second-order valence-corrected chi connectivity index (χ2v) is 9.53. The summed E-state index contributed by atoms with van der Waals surface area (Å²) in [6, 6.07) is 2.59. The Hall–Kier alpha value is -2.64. The lowest BCUT2D eigenvalue weighted by Crippen LogP contribution is -2.40. The minimum atomic E-state index is -0.103. The molecule has 3 fully saturated rings. The van der Waals surface area contributed by atoms with Crippen LogP contribution in [0.2, 0.25) is 0 Å². The highest BCUT2D eigenvalue weighted by Gasteiger charge is 2.58. The van der Waals surface area contributed by atoms with Gasteiger partial charge in [-0.3, -0.25) is 19.2 Å². The lowest BCUT2D eigenvalue weighted by atomic mass is 9.85. The van der Waals surface area contributed by atoms with Gasteiger partial charge in [-0.15, -0.1) is 0 Å². The molecule has 2 heterocycles. The van der Waals surface area contributed by atoms with E-state index >= 15 is 0 Å². The van der Waals surface area contributed by atoms with E-state index in [9.17, 15) is 9.59 Å². The van der Waals surface area contributed by atoms with Crippen molar-refractivity contribution in [1.29, 1.82) is 0 Å². The van der Waals surface area contributed by atoms with Crippen LogP contribution in [0.4, 0.5) is 0 Å². The Morgan fingerprint density at radius 3 is 2.53 bits per heavy atom. The number of imide groups is 1. The van der Waals surface area contributed by atoms with E-state index in [1.165, 1.54) is 30.6 Å². The first-order chi connectivity index (χ1) is 15.7. The maximum atomic E-state index is 12.8. The summed E-state index contributed by atoms with van der Waals surface area (Å²) in [6.45, 7) is 4.46. The van der Waals surface area contributed by atoms with Gasteiger partial charge >= 0.3 is 0 Å². The number of aromatic nitrogens is 2. The van der Waals surface area contributed by atoms with E-state index in [0.717, 1.165) is 24.6 Å². The van der Waals surface area contributed by atoms with Crippen LogP contribution in [0.1, 0.15) is 57.2 Å². The van der Waals surface area contributed by atoms with Crippen LogP contribution in [0.3, 0.4) is 0 Å². The summed E-state index contributed by atoms with van der Waals surface area (Å²) in [7, 11) is 0. The Balaban J connectivity index is 1.10. The summed E-state index contributed by atoms with van der Waals surface area (Å²) < 4.78 is 2.10. The third-order valence-corrected chi connectivity index (χ3v) is 7.52. The quantitative estimate of drug-likeness (QED) is 0.214. The zero-order valence-corrected chi connectivity index (χ0v) is 18.9. The summed E-state index contributed by atoms with van der Waals surface area (Å²) >= 11 is 0. The topological polar surface area (TPSA) is 91.6 Å². The maximum Gasteiger partial charge on any atom is 0.233 e. The Morgan fingerprint density at radius 1 is 1.12 bits per heavy atom. The highest BCUT2D eigenvalue weighted by molar-refractivity contribution is 6.06. The smallest absolute Gasteiger partial charge is 0.233 e. The second kappa shape index (κ2) is 9.08. The monoisotopic (exact) mass is 438 g/mol. The van der Waals surface area contributed by atoms with Gasteiger partial charge in [0.1, 0.15) is 0 Å². The van der Waals surface area contributed by atoms with Crippen molar-refractivity contribution in [3.05, 3.63) is 30.1 Å². The Bertz CT molecular complexity index is 885. The summed E-state index contributed by atoms with van der Waals surface area (Å²) in [4.78, 5) is 31.7. The molecule has 0 spiro atoms. The van der Waals surface area contributed by atoms with Gasteiger partial charge in [0.25, 0.3) is 0 Å². The second-order valence-electron chi connectivity index (χ2n) is 9.53. The van der Waals surface area contributed by atoms with Crippen LogP contribution in [0.15, 0.2) is 29.4 Å². The van der Waals surface area contributed by atoms with Gasteiger partial charge in [-0.1, -0.05) is 25.0 Å². The molecule has 5 rings (SSSR count). The van der Waals surface area contributed by atoms with Crippen LogP contribution < -0.4 is 10.6 Å². The number of rotatable bonds is 8. The molecule has 8 nitrogen and oxygen atoms in total. The molecule has 4 unspecified atom stereocenters. The van der Waals surface area contributed by atoms with E-state index in [1.54, 1.807) is 0 Å². The van der Waals surface area contributed by atoms with Crippen LogP contribution >= 0.6 is 0 Å². The van der Waals surface area contributed by atoms with Gasteiger partial charge in [0.15, 0.2) is 5.96 Å². The summed E-state index contributed by atoms with van der Waals surface area (Å²) in [5.41, 5.74) is 0.970. The third kappa shape index (κ3) is 3.95. The highest BCUT2D eigenvalue weighted by atomic mass is 16.2. The van der Waals surface area contributed by atoms with Gasteiger partial charge < -0.3 is 10.6 Å². The van der Waals surface area contributed by atoms with Crippen LogP contribution in [-0.2, 0) is 16.1 Å². The van der Waals surface area contributed by atoms with Crippen LogP contribution in [0, 0.1) is 23.7 Å². The molecule has 2 N–H and O–H groups in total. The number of allylic oxidation sites excluding steroid dienone is 2. The molecule has 1 aromatic heterocycles. The molecule has 2 amide bonds. The minimum Gasteiger partial charge on any atom is -0.357 e. The number of hydrogen-bond acceptors (Lipinski definition) is 4. The van der Waals surface area contributed by atoms with Crippen molar-refractivity contribution in [2.75, 3.05) is 19.6 Å². The van der Waals surface area contributed by atoms with Crippen molar-refractivity contribution < 1.29 is 9.59 Å². The van der Waals surface area contributed by atoms with E-state index < -0.39 is 0 Å². The Morgan fingerprint density at radius 2 is 1.84 bits per heavy atom. The number of amides is 2. The summed E-state index contributed by atoms with van der Waals surface area (Å²) in [5, 5.41) is 11.3. The van der Waals surface area contributed by atoms with E-state index in [4.69, 9.17) is 5.10 Å². The fourth-order valence-corrected chi connectivity index (χ4v) is 5.96. The number of fused-ring (bicyclic) bond motifs is 5. The predicted molar refractivity (Wildman–Crippen MR) is 122 cm³/mol. The normalized spacial score (nSPS) is 29.4. The molecular weight excluding hydrogens is 404 g/mol. The molecule has 1 aliphatic heterocycles. The van der Waals surface area contributed by atoms with Gasteiger partial charge in [0.05, 0.1) is 30.1 Å². The van der Waals surface area contributed by atoms with Gasteiger partial charge in [-0.05, 0) is 50.5 Å². The van der Waals surface area contributed by atoms with Crippen molar-refractivity contribution >= 4 is 17.8 Å². The van der Waals surface area contributed by atoms with Gasteiger partial charge in [-0.25, -0.2) is 4.99 Å². The first-order valence-corrected chi connectivity index (χ1v) is 12.3. The highest BCUT2D eigenvalue weighted by Crippen LogP contribution is 2.52. The Labute approximate surface area is 189 Å². The fourth-order valence-electron chi connectivity index (χ4n) is 5.96. The predicted octanol–water partition coefficient (Wildman–Crippen LogP) is 2.25. The first kappa shape index (κ1) is 21.2. The van der Waals surface area contributed by atoms with Crippen LogP contribution in [0.5, 0.6) is 0 Å². The molecule has 2 bridgehead atoms. The maximum absolute atomic E-state index is 12.8. The molecule has 2 saturated carbocycles. The number of nitrogens with one attached hydrogen (secondary N) is 2. The molecule has 1 aromatic rings. The average molecular weight is 439 g/mol. The molecule has 1 saturated heterocycles. The number of aliphatic imine (C=N–C) groups is 1. The zero-order valence-electron chi connectivity index (χ0n) is 18.9. The number of carbonyl (C=O) groups excluding carboxylic acids is 2. The average Bonchev–Trinajstić information content (AvgIpc) is 3.60. The minimum absolute atomic E-state index is 0.0373. The largest absolute Gasteiger partial charge is 0.357 e. The molecule has 0 radical (unpaired) electrons. The Kier molecular flexibility index (Phi) is 6.02. The van der Waals surface area contributed by atoms with E-state index in [1.807, 2.05) is 6.92 Å². The molecule has 4 aliphatic rings. The van der Waals surface area contributed by atoms with Crippen LogP contribution in [-0.4, -0.2) is 52.1 Å². The van der Waals surface area contributed by atoms with Crippen molar-refractivity contribution in [3.63, 3.8) is 0 Å². The lowest BCUT2D eigenvalue weighted by Gasteiger charge is -2.18. The number of likely N-dealkylation sites (tertiary alicyclic amines) is 1. The van der Waals surface area contributed by atoms with Crippen LogP contribution in [0.25, 0.3) is 0 Å². The molecule has 4 atom stereocenters. The zero-order chi connectivity index (χ0) is 22.1. The molecule has 32 heavy (non-hydrogen) atoms. The van der Waals surface area contributed by atoms with Crippen molar-refractivity contribution in [3.8, 4) is 0 Å². The standard InChI is InChI=1S/C24H34N6O2/c1-2-25-24(27-15-18-10-13-30(28-18)19-6-3-4-7-19)26-11-5-12-29-22(31)20-16-8-9-17(14-16)21(20)23(29)32/h8-10,13,16-17,19-21H,2-7,11-12,14-15H2,1H3,(H2,25,26,27). The molecule has 8 heteroatoms. The third-order valence-electron chi connectivity index (χ3n) is 7.52. The molecule has 172 valence electrons. The fraction of sp³-hybridized carbons (Fsp3) is 0.667. The van der Waals surface area contributed by atoms with E-state index in [2.05, 4.69) is 44.7 Å². The SMILES string of the molecule is CCNC(=NCc1ccn(C2CCCC2)n1)NCCCN1C(=O)C2C3C=CC(C3)C2C1=O. The number of guanidine groups is 1. The first-order valence-electron chi connectivity index (χ1n) is 12.3. The number of hydrogen-bond donors (Lipinski definition) is 2. The van der Waals surface area contributed by atoms with Crippen molar-refractivity contribution in [2.24, 2.45) is 28.7 Å². The van der Waals surface area contributed by atoms with Gasteiger partial charge in [-0.2, -0.15) is 5.10 Å². The number of carbonyl (C=O) groups is 2. The molecule has 3 aliphatic carbocycles. The summed E-state index contributed by atoms with van der Waals surface area (Å²) in [6.07, 6.45) is 13.1.